The van der Waals surface area contributed by atoms with E-state index in [0.29, 0.717) is 30.0 Å². The van der Waals surface area contributed by atoms with Gasteiger partial charge in [0.05, 0.1) is 16.7 Å². The van der Waals surface area contributed by atoms with Crippen molar-refractivity contribution in [2.45, 2.75) is 36.5 Å². The van der Waals surface area contributed by atoms with Crippen molar-refractivity contribution in [3.63, 3.8) is 0 Å². The van der Waals surface area contributed by atoms with Gasteiger partial charge in [-0.25, -0.2) is 31.3 Å². The zero-order valence-electron chi connectivity index (χ0n) is 19.9. The molecule has 1 aliphatic carbocycles. The SMILES string of the molecule is Cc1cnc(Nc2cccc(S(=O)(=O)NC(=O)CN)c2)nc1Nc1cccc(CNS(=O)(=O)C2CC2)c1. The van der Waals surface area contributed by atoms with Crippen molar-refractivity contribution in [2.24, 2.45) is 5.73 Å². The zero-order chi connectivity index (χ0) is 26.6. The van der Waals surface area contributed by atoms with Crippen LogP contribution in [0.5, 0.6) is 0 Å². The van der Waals surface area contributed by atoms with Gasteiger partial charge < -0.3 is 16.4 Å². The van der Waals surface area contributed by atoms with Crippen LogP contribution in [0.3, 0.4) is 0 Å². The first-order chi connectivity index (χ1) is 17.6. The van der Waals surface area contributed by atoms with E-state index in [1.807, 2.05) is 35.9 Å². The summed E-state index contributed by atoms with van der Waals surface area (Å²) in [5.41, 5.74) is 7.83. The van der Waals surface area contributed by atoms with Crippen molar-refractivity contribution in [3.8, 4) is 0 Å². The third kappa shape index (κ3) is 7.01. The van der Waals surface area contributed by atoms with E-state index in [0.717, 1.165) is 11.1 Å². The van der Waals surface area contributed by atoms with E-state index in [9.17, 15) is 21.6 Å². The van der Waals surface area contributed by atoms with Gasteiger partial charge >= 0.3 is 0 Å². The molecular weight excluding hydrogens is 518 g/mol. The molecule has 0 aliphatic heterocycles. The number of hydrogen-bond acceptors (Lipinski definition) is 10. The van der Waals surface area contributed by atoms with Gasteiger partial charge in [0.2, 0.25) is 21.9 Å². The van der Waals surface area contributed by atoms with Crippen LogP contribution in [-0.4, -0.2) is 44.5 Å². The van der Waals surface area contributed by atoms with Gasteiger partial charge in [-0.3, -0.25) is 4.79 Å². The minimum Gasteiger partial charge on any atom is -0.340 e. The summed E-state index contributed by atoms with van der Waals surface area (Å²) in [5, 5.41) is 5.89. The summed E-state index contributed by atoms with van der Waals surface area (Å²) in [6.45, 7) is 1.56. The van der Waals surface area contributed by atoms with E-state index in [1.165, 1.54) is 18.2 Å². The highest BCUT2D eigenvalue weighted by atomic mass is 32.2. The number of amides is 1. The molecule has 1 fully saturated rings. The lowest BCUT2D eigenvalue weighted by Gasteiger charge is -2.13. The number of aryl methyl sites for hydroxylation is 1. The molecule has 2 aromatic carbocycles. The van der Waals surface area contributed by atoms with Crippen molar-refractivity contribution in [1.29, 1.82) is 0 Å². The maximum Gasteiger partial charge on any atom is 0.264 e. The first-order valence-electron chi connectivity index (χ1n) is 11.4. The van der Waals surface area contributed by atoms with Crippen LogP contribution in [0.25, 0.3) is 0 Å². The van der Waals surface area contributed by atoms with Crippen LogP contribution in [0.2, 0.25) is 0 Å². The number of benzene rings is 2. The van der Waals surface area contributed by atoms with Crippen LogP contribution < -0.4 is 25.8 Å². The van der Waals surface area contributed by atoms with E-state index in [2.05, 4.69) is 25.3 Å². The summed E-state index contributed by atoms with van der Waals surface area (Å²) in [7, 11) is -7.36. The molecular formula is C23H27N7O5S2. The van der Waals surface area contributed by atoms with E-state index in [4.69, 9.17) is 5.73 Å². The number of carbonyl (C=O) groups is 1. The second-order valence-corrected chi connectivity index (χ2v) is 12.2. The lowest BCUT2D eigenvalue weighted by molar-refractivity contribution is -0.118. The molecule has 12 nitrogen and oxygen atoms in total. The second kappa shape index (κ2) is 10.8. The number of carbonyl (C=O) groups excluding carboxylic acids is 1. The number of nitrogens with one attached hydrogen (secondary N) is 4. The smallest absolute Gasteiger partial charge is 0.264 e. The fraction of sp³-hybridized carbons (Fsp3) is 0.261. The molecule has 1 heterocycles. The standard InChI is InChI=1S/C23H27N7O5S2/c1-15-13-25-23(28-18-6-3-7-20(11-18)37(34,35)30-21(31)12-24)29-22(15)27-17-5-2-4-16(10-17)14-26-36(32,33)19-8-9-19/h2-7,10-11,13,19,26H,8-9,12,14,24H2,1H3,(H,30,31)(H2,25,27,28,29). The maximum absolute atomic E-state index is 12.4. The topological polar surface area (TPSA) is 185 Å². The molecule has 0 saturated heterocycles. The molecule has 0 spiro atoms. The Hall–Kier alpha value is -3.59. The highest BCUT2D eigenvalue weighted by molar-refractivity contribution is 7.90. The van der Waals surface area contributed by atoms with Crippen molar-refractivity contribution < 1.29 is 21.6 Å². The Morgan fingerprint density at radius 1 is 1.03 bits per heavy atom. The quantitative estimate of drug-likeness (QED) is 0.237. The predicted molar refractivity (Wildman–Crippen MR) is 139 cm³/mol. The van der Waals surface area contributed by atoms with Gasteiger partial charge in [0.25, 0.3) is 10.0 Å². The van der Waals surface area contributed by atoms with Gasteiger partial charge in [0.1, 0.15) is 5.82 Å². The maximum atomic E-state index is 12.4. The molecule has 1 aliphatic rings. The fourth-order valence-corrected chi connectivity index (χ4v) is 5.73. The Kier molecular flexibility index (Phi) is 7.73. The summed E-state index contributed by atoms with van der Waals surface area (Å²) >= 11 is 0. The van der Waals surface area contributed by atoms with Crippen LogP contribution in [0.4, 0.5) is 23.1 Å². The molecule has 37 heavy (non-hydrogen) atoms. The molecule has 196 valence electrons. The summed E-state index contributed by atoms with van der Waals surface area (Å²) in [6.07, 6.45) is 3.00. The molecule has 4 rings (SSSR count). The average molecular weight is 546 g/mol. The highest BCUT2D eigenvalue weighted by Crippen LogP contribution is 2.28. The minimum atomic E-state index is -4.08. The molecule has 1 amide bonds. The van der Waals surface area contributed by atoms with Crippen molar-refractivity contribution in [1.82, 2.24) is 19.4 Å². The minimum absolute atomic E-state index is 0.126. The number of sulfonamides is 2. The highest BCUT2D eigenvalue weighted by Gasteiger charge is 2.35. The molecule has 14 heteroatoms. The number of nitrogens with two attached hydrogens (primary N) is 1. The fourth-order valence-electron chi connectivity index (χ4n) is 3.33. The van der Waals surface area contributed by atoms with Crippen LogP contribution >= 0.6 is 0 Å². The van der Waals surface area contributed by atoms with E-state index in [-0.39, 0.29) is 22.6 Å². The van der Waals surface area contributed by atoms with Gasteiger partial charge in [-0.2, -0.15) is 4.98 Å². The van der Waals surface area contributed by atoms with Crippen molar-refractivity contribution in [3.05, 3.63) is 65.9 Å². The number of rotatable bonds is 11. The Labute approximate surface area is 215 Å². The molecule has 0 bridgehead atoms. The molecule has 1 aromatic heterocycles. The summed E-state index contributed by atoms with van der Waals surface area (Å²) in [6, 6.07) is 13.1. The third-order valence-corrected chi connectivity index (χ3v) is 8.70. The zero-order valence-corrected chi connectivity index (χ0v) is 21.6. The van der Waals surface area contributed by atoms with Crippen molar-refractivity contribution in [2.75, 3.05) is 17.2 Å². The van der Waals surface area contributed by atoms with E-state index < -0.39 is 32.5 Å². The van der Waals surface area contributed by atoms with Crippen molar-refractivity contribution >= 4 is 49.1 Å². The van der Waals surface area contributed by atoms with Crippen LogP contribution in [0.1, 0.15) is 24.0 Å². The van der Waals surface area contributed by atoms with Gasteiger partial charge in [-0.15, -0.1) is 0 Å². The number of nitrogens with zero attached hydrogens (tertiary/aromatic N) is 2. The normalized spacial score (nSPS) is 13.7. The van der Waals surface area contributed by atoms with Crippen LogP contribution in [-0.2, 0) is 31.4 Å². The summed E-state index contributed by atoms with van der Waals surface area (Å²) < 4.78 is 53.5. The monoisotopic (exact) mass is 545 g/mol. The van der Waals surface area contributed by atoms with Gasteiger partial charge in [-0.05, 0) is 55.7 Å². The largest absolute Gasteiger partial charge is 0.340 e. The number of hydrogen-bond donors (Lipinski definition) is 5. The molecule has 0 unspecified atom stereocenters. The van der Waals surface area contributed by atoms with E-state index >= 15 is 0 Å². The van der Waals surface area contributed by atoms with Gasteiger partial charge in [0.15, 0.2) is 0 Å². The van der Waals surface area contributed by atoms with Gasteiger partial charge in [-0.1, -0.05) is 18.2 Å². The summed E-state index contributed by atoms with van der Waals surface area (Å²) in [4.78, 5) is 20.0. The van der Waals surface area contributed by atoms with Crippen LogP contribution in [0.15, 0.2) is 59.6 Å². The predicted octanol–water partition coefficient (Wildman–Crippen LogP) is 1.62. The molecule has 0 radical (unpaired) electrons. The first kappa shape index (κ1) is 26.5. The van der Waals surface area contributed by atoms with E-state index in [1.54, 1.807) is 12.3 Å². The molecule has 1 saturated carbocycles. The average Bonchev–Trinajstić information content (AvgIpc) is 3.72. The lowest BCUT2D eigenvalue weighted by Crippen LogP contribution is -2.35. The first-order valence-corrected chi connectivity index (χ1v) is 14.4. The molecule has 0 atom stereocenters. The number of aromatic nitrogens is 2. The lowest BCUT2D eigenvalue weighted by atomic mass is 10.2. The third-order valence-electron chi connectivity index (χ3n) is 5.44. The Bertz CT molecular complexity index is 1520. The Morgan fingerprint density at radius 3 is 2.43 bits per heavy atom. The van der Waals surface area contributed by atoms with Crippen LogP contribution in [0, 0.1) is 6.92 Å². The molecule has 3 aromatic rings. The second-order valence-electron chi connectivity index (χ2n) is 8.50. The molecule has 6 N–H and O–H groups in total. The Morgan fingerprint density at radius 2 is 1.73 bits per heavy atom. The Balaban J connectivity index is 1.47. The number of anilines is 4. The summed E-state index contributed by atoms with van der Waals surface area (Å²) in [5.74, 6) is -0.102. The van der Waals surface area contributed by atoms with Gasteiger partial charge in [0, 0.05) is 29.7 Å².